The Hall–Kier alpha value is -0.580. The van der Waals surface area contributed by atoms with Crippen LogP contribution in [-0.4, -0.2) is 25.4 Å². The van der Waals surface area contributed by atoms with Gasteiger partial charge in [0.05, 0.1) is 18.2 Å². The highest BCUT2D eigenvalue weighted by Gasteiger charge is 2.00. The van der Waals surface area contributed by atoms with E-state index in [1.807, 2.05) is 18.2 Å². The molecule has 0 saturated heterocycles. The molecule has 14 heavy (non-hydrogen) atoms. The molecule has 0 aliphatic heterocycles. The number of aliphatic hydroxyl groups excluding tert-OH is 1. The SMILES string of the molecule is COc1ccc(CNCCO)cc1Br. The fraction of sp³-hybridized carbons (Fsp3) is 0.400. The average molecular weight is 260 g/mol. The van der Waals surface area contributed by atoms with E-state index in [2.05, 4.69) is 21.2 Å². The molecule has 0 aromatic heterocycles. The van der Waals surface area contributed by atoms with Crippen LogP contribution in [0.3, 0.4) is 0 Å². The zero-order chi connectivity index (χ0) is 10.4. The van der Waals surface area contributed by atoms with Gasteiger partial charge in [-0.1, -0.05) is 6.07 Å². The first kappa shape index (κ1) is 11.5. The van der Waals surface area contributed by atoms with Gasteiger partial charge in [0.1, 0.15) is 5.75 Å². The molecule has 1 aromatic carbocycles. The Morgan fingerprint density at radius 1 is 1.50 bits per heavy atom. The molecule has 4 heteroatoms. The van der Waals surface area contributed by atoms with Crippen molar-refractivity contribution in [3.8, 4) is 5.75 Å². The number of aliphatic hydroxyl groups is 1. The second-order valence-corrected chi connectivity index (χ2v) is 3.72. The molecule has 78 valence electrons. The standard InChI is InChI=1S/C10H14BrNO2/c1-14-10-3-2-8(6-9(10)11)7-12-4-5-13/h2-3,6,12-13H,4-5,7H2,1H3. The van der Waals surface area contributed by atoms with Gasteiger partial charge in [0.25, 0.3) is 0 Å². The van der Waals surface area contributed by atoms with E-state index < -0.39 is 0 Å². The van der Waals surface area contributed by atoms with Gasteiger partial charge in [-0.05, 0) is 33.6 Å². The minimum absolute atomic E-state index is 0.164. The largest absolute Gasteiger partial charge is 0.496 e. The highest BCUT2D eigenvalue weighted by atomic mass is 79.9. The number of hydrogen-bond acceptors (Lipinski definition) is 3. The van der Waals surface area contributed by atoms with Crippen molar-refractivity contribution in [2.45, 2.75) is 6.54 Å². The van der Waals surface area contributed by atoms with Crippen molar-refractivity contribution in [3.63, 3.8) is 0 Å². The first-order chi connectivity index (χ1) is 6.77. The van der Waals surface area contributed by atoms with Gasteiger partial charge >= 0.3 is 0 Å². The number of benzene rings is 1. The topological polar surface area (TPSA) is 41.5 Å². The van der Waals surface area contributed by atoms with Crippen LogP contribution < -0.4 is 10.1 Å². The van der Waals surface area contributed by atoms with Crippen LogP contribution in [0.1, 0.15) is 5.56 Å². The monoisotopic (exact) mass is 259 g/mol. The molecule has 0 unspecified atom stereocenters. The third-order valence-corrected chi connectivity index (χ3v) is 2.45. The molecule has 2 N–H and O–H groups in total. The highest BCUT2D eigenvalue weighted by molar-refractivity contribution is 9.10. The van der Waals surface area contributed by atoms with Gasteiger partial charge in [0.15, 0.2) is 0 Å². The molecule has 0 spiro atoms. The molecular formula is C10H14BrNO2. The molecule has 0 heterocycles. The number of nitrogens with one attached hydrogen (secondary N) is 1. The summed E-state index contributed by atoms with van der Waals surface area (Å²) in [6.45, 7) is 1.53. The van der Waals surface area contributed by atoms with Gasteiger partial charge in [-0.2, -0.15) is 0 Å². The van der Waals surface area contributed by atoms with Gasteiger partial charge in [0.2, 0.25) is 0 Å². The van der Waals surface area contributed by atoms with Gasteiger partial charge < -0.3 is 15.2 Å². The van der Waals surface area contributed by atoms with Crippen LogP contribution in [0.2, 0.25) is 0 Å². The van der Waals surface area contributed by atoms with E-state index in [0.29, 0.717) is 6.54 Å². The molecule has 0 aliphatic carbocycles. The summed E-state index contributed by atoms with van der Waals surface area (Å²) >= 11 is 3.41. The molecule has 1 rings (SSSR count). The number of halogens is 1. The van der Waals surface area contributed by atoms with E-state index >= 15 is 0 Å². The second kappa shape index (κ2) is 6.01. The van der Waals surface area contributed by atoms with Crippen molar-refractivity contribution < 1.29 is 9.84 Å². The number of ether oxygens (including phenoxy) is 1. The Morgan fingerprint density at radius 3 is 2.86 bits per heavy atom. The quantitative estimate of drug-likeness (QED) is 0.789. The number of rotatable bonds is 5. The molecule has 0 bridgehead atoms. The van der Waals surface area contributed by atoms with Crippen molar-refractivity contribution in [2.24, 2.45) is 0 Å². The van der Waals surface area contributed by atoms with Gasteiger partial charge in [-0.15, -0.1) is 0 Å². The number of hydrogen-bond donors (Lipinski definition) is 2. The zero-order valence-corrected chi connectivity index (χ0v) is 9.67. The fourth-order valence-corrected chi connectivity index (χ4v) is 1.72. The van der Waals surface area contributed by atoms with Crippen LogP contribution in [0.25, 0.3) is 0 Å². The van der Waals surface area contributed by atoms with Crippen LogP contribution in [0.4, 0.5) is 0 Å². The predicted molar refractivity (Wildman–Crippen MR) is 59.5 cm³/mol. The second-order valence-electron chi connectivity index (χ2n) is 2.87. The molecular weight excluding hydrogens is 246 g/mol. The summed E-state index contributed by atoms with van der Waals surface area (Å²) < 4.78 is 6.07. The van der Waals surface area contributed by atoms with Crippen molar-refractivity contribution in [3.05, 3.63) is 28.2 Å². The summed E-state index contributed by atoms with van der Waals surface area (Å²) in [4.78, 5) is 0. The lowest BCUT2D eigenvalue weighted by molar-refractivity contribution is 0.292. The Morgan fingerprint density at radius 2 is 2.29 bits per heavy atom. The lowest BCUT2D eigenvalue weighted by atomic mass is 10.2. The van der Waals surface area contributed by atoms with Gasteiger partial charge in [-0.25, -0.2) is 0 Å². The van der Waals surface area contributed by atoms with Crippen LogP contribution in [0, 0.1) is 0 Å². The third kappa shape index (κ3) is 3.29. The molecule has 0 aliphatic rings. The van der Waals surface area contributed by atoms with E-state index in [4.69, 9.17) is 9.84 Å². The fourth-order valence-electron chi connectivity index (χ4n) is 1.13. The van der Waals surface area contributed by atoms with Crippen LogP contribution >= 0.6 is 15.9 Å². The summed E-state index contributed by atoms with van der Waals surface area (Å²) in [5.41, 5.74) is 1.16. The zero-order valence-electron chi connectivity index (χ0n) is 8.09. The predicted octanol–water partition coefficient (Wildman–Crippen LogP) is 1.54. The molecule has 0 atom stereocenters. The number of methoxy groups -OCH3 is 1. The van der Waals surface area contributed by atoms with E-state index in [1.165, 1.54) is 0 Å². The summed E-state index contributed by atoms with van der Waals surface area (Å²) in [5, 5.41) is 11.7. The molecule has 1 aromatic rings. The molecule has 0 radical (unpaired) electrons. The Labute approximate surface area is 92.2 Å². The molecule has 3 nitrogen and oxygen atoms in total. The van der Waals surface area contributed by atoms with Crippen molar-refractivity contribution in [2.75, 3.05) is 20.3 Å². The van der Waals surface area contributed by atoms with Crippen molar-refractivity contribution >= 4 is 15.9 Å². The highest BCUT2D eigenvalue weighted by Crippen LogP contribution is 2.25. The van der Waals surface area contributed by atoms with Crippen LogP contribution in [-0.2, 0) is 6.54 Å². The van der Waals surface area contributed by atoms with Crippen LogP contribution in [0.15, 0.2) is 22.7 Å². The lowest BCUT2D eigenvalue weighted by Crippen LogP contribution is -2.17. The molecule has 0 amide bonds. The van der Waals surface area contributed by atoms with Crippen LogP contribution in [0.5, 0.6) is 5.75 Å². The average Bonchev–Trinajstić information content (AvgIpc) is 2.18. The summed E-state index contributed by atoms with van der Waals surface area (Å²) in [5.74, 6) is 0.830. The maximum atomic E-state index is 8.59. The minimum atomic E-state index is 0.164. The molecule has 0 saturated carbocycles. The van der Waals surface area contributed by atoms with Gasteiger partial charge in [0, 0.05) is 13.1 Å². The smallest absolute Gasteiger partial charge is 0.133 e. The van der Waals surface area contributed by atoms with Crippen molar-refractivity contribution in [1.82, 2.24) is 5.32 Å². The van der Waals surface area contributed by atoms with Crippen molar-refractivity contribution in [1.29, 1.82) is 0 Å². The minimum Gasteiger partial charge on any atom is -0.496 e. The summed E-state index contributed by atoms with van der Waals surface area (Å²) in [6.07, 6.45) is 0. The van der Waals surface area contributed by atoms with E-state index in [-0.39, 0.29) is 6.61 Å². The summed E-state index contributed by atoms with van der Waals surface area (Å²) in [6, 6.07) is 5.91. The van der Waals surface area contributed by atoms with E-state index in [1.54, 1.807) is 7.11 Å². The Kier molecular flexibility index (Phi) is 4.93. The maximum Gasteiger partial charge on any atom is 0.133 e. The Bertz CT molecular complexity index is 291. The summed E-state index contributed by atoms with van der Waals surface area (Å²) in [7, 11) is 1.64. The maximum absolute atomic E-state index is 8.59. The van der Waals surface area contributed by atoms with E-state index in [0.717, 1.165) is 22.3 Å². The first-order valence-corrected chi connectivity index (χ1v) is 5.21. The van der Waals surface area contributed by atoms with Gasteiger partial charge in [-0.3, -0.25) is 0 Å². The molecule has 0 fully saturated rings. The first-order valence-electron chi connectivity index (χ1n) is 4.42. The third-order valence-electron chi connectivity index (χ3n) is 1.83. The normalized spacial score (nSPS) is 10.2. The van der Waals surface area contributed by atoms with E-state index in [9.17, 15) is 0 Å². The lowest BCUT2D eigenvalue weighted by Gasteiger charge is -2.06. The Balaban J connectivity index is 2.57.